The molecule has 1 saturated carbocycles. The number of aryl methyl sites for hydroxylation is 1. The highest BCUT2D eigenvalue weighted by Gasteiger charge is 2.36. The van der Waals surface area contributed by atoms with Crippen LogP contribution in [-0.2, 0) is 4.79 Å². The summed E-state index contributed by atoms with van der Waals surface area (Å²) >= 11 is 0. The highest BCUT2D eigenvalue weighted by atomic mass is 16.5. The van der Waals surface area contributed by atoms with Gasteiger partial charge in [0.1, 0.15) is 6.04 Å². The molecule has 0 radical (unpaired) electrons. The van der Waals surface area contributed by atoms with E-state index in [4.69, 9.17) is 4.52 Å². The summed E-state index contributed by atoms with van der Waals surface area (Å²) in [6.45, 7) is 6.38. The Morgan fingerprint density at radius 3 is 2.71 bits per heavy atom. The van der Waals surface area contributed by atoms with Gasteiger partial charge in [-0.15, -0.1) is 0 Å². The van der Waals surface area contributed by atoms with E-state index in [1.54, 1.807) is 0 Å². The molecule has 1 saturated heterocycles. The fourth-order valence-electron chi connectivity index (χ4n) is 3.26. The van der Waals surface area contributed by atoms with Gasteiger partial charge in [0.25, 0.3) is 5.89 Å². The van der Waals surface area contributed by atoms with Crippen molar-refractivity contribution >= 4 is 5.91 Å². The Morgan fingerprint density at radius 1 is 1.33 bits per heavy atom. The first-order chi connectivity index (χ1) is 10.2. The normalized spacial score (nSPS) is 24.7. The molecule has 6 nitrogen and oxygen atoms in total. The van der Waals surface area contributed by atoms with E-state index in [1.807, 2.05) is 18.7 Å². The van der Waals surface area contributed by atoms with Gasteiger partial charge in [-0.25, -0.2) is 0 Å². The predicted molar refractivity (Wildman–Crippen MR) is 77.6 cm³/mol. The molecule has 1 aliphatic carbocycles. The molecule has 1 amide bonds. The summed E-state index contributed by atoms with van der Waals surface area (Å²) in [7, 11) is 0. The van der Waals surface area contributed by atoms with E-state index in [0.717, 1.165) is 26.1 Å². The lowest BCUT2D eigenvalue weighted by Gasteiger charge is -2.38. The number of rotatable bonds is 3. The van der Waals surface area contributed by atoms with Gasteiger partial charge in [0.15, 0.2) is 5.82 Å². The molecular formula is C15H24N4O2. The summed E-state index contributed by atoms with van der Waals surface area (Å²) in [5, 5.41) is 3.90. The van der Waals surface area contributed by atoms with Crippen molar-refractivity contribution in [1.29, 1.82) is 0 Å². The Balaban J connectivity index is 1.84. The van der Waals surface area contributed by atoms with Crippen LogP contribution in [0.2, 0.25) is 0 Å². The number of aromatic nitrogens is 2. The summed E-state index contributed by atoms with van der Waals surface area (Å²) in [5.74, 6) is 1.39. The van der Waals surface area contributed by atoms with Gasteiger partial charge in [0.2, 0.25) is 5.91 Å². The molecule has 2 aliphatic rings. The Hall–Kier alpha value is -1.43. The van der Waals surface area contributed by atoms with Crippen molar-refractivity contribution in [3.8, 4) is 0 Å². The Bertz CT molecular complexity index is 498. The first-order valence-electron chi connectivity index (χ1n) is 8.02. The first-order valence-corrected chi connectivity index (χ1v) is 8.02. The van der Waals surface area contributed by atoms with Crippen LogP contribution in [0.25, 0.3) is 0 Å². The zero-order valence-electron chi connectivity index (χ0n) is 12.9. The van der Waals surface area contributed by atoms with Crippen LogP contribution in [-0.4, -0.2) is 51.5 Å². The summed E-state index contributed by atoms with van der Waals surface area (Å²) in [6, 6.07) is 0.579. The summed E-state index contributed by atoms with van der Waals surface area (Å²) in [4.78, 5) is 21.1. The number of carbonyl (C=O) groups is 1. The highest BCUT2D eigenvalue weighted by molar-refractivity contribution is 5.76. The monoisotopic (exact) mass is 292 g/mol. The van der Waals surface area contributed by atoms with Crippen LogP contribution < -0.4 is 0 Å². The second-order valence-electron chi connectivity index (χ2n) is 6.07. The van der Waals surface area contributed by atoms with Crippen molar-refractivity contribution in [3.05, 3.63) is 11.7 Å². The molecule has 2 fully saturated rings. The Kier molecular flexibility index (Phi) is 4.24. The van der Waals surface area contributed by atoms with Crippen LogP contribution in [0, 0.1) is 6.92 Å². The van der Waals surface area contributed by atoms with Gasteiger partial charge in [0, 0.05) is 32.1 Å². The van der Waals surface area contributed by atoms with E-state index in [0.29, 0.717) is 24.2 Å². The third kappa shape index (κ3) is 2.95. The lowest BCUT2D eigenvalue weighted by atomic mass is 9.91. The van der Waals surface area contributed by atoms with Gasteiger partial charge in [-0.1, -0.05) is 18.5 Å². The Morgan fingerprint density at radius 2 is 2.14 bits per heavy atom. The molecule has 0 N–H and O–H groups in total. The summed E-state index contributed by atoms with van der Waals surface area (Å²) < 4.78 is 5.38. The van der Waals surface area contributed by atoms with E-state index >= 15 is 0 Å². The van der Waals surface area contributed by atoms with Gasteiger partial charge in [-0.2, -0.15) is 4.98 Å². The number of hydrogen-bond donors (Lipinski definition) is 0. The van der Waals surface area contributed by atoms with E-state index in [9.17, 15) is 4.79 Å². The molecule has 1 aliphatic heterocycles. The maximum absolute atomic E-state index is 12.3. The molecule has 1 aromatic heterocycles. The minimum Gasteiger partial charge on any atom is -0.337 e. The minimum atomic E-state index is -0.0956. The van der Waals surface area contributed by atoms with Crippen LogP contribution in [0.1, 0.15) is 56.8 Å². The second kappa shape index (κ2) is 6.13. The third-order valence-corrected chi connectivity index (χ3v) is 4.67. The van der Waals surface area contributed by atoms with E-state index in [-0.39, 0.29) is 11.9 Å². The van der Waals surface area contributed by atoms with Gasteiger partial charge >= 0.3 is 0 Å². The smallest absolute Gasteiger partial charge is 0.250 e. The van der Waals surface area contributed by atoms with Gasteiger partial charge in [0.05, 0.1) is 0 Å². The molecule has 21 heavy (non-hydrogen) atoms. The van der Waals surface area contributed by atoms with Crippen LogP contribution in [0.3, 0.4) is 0 Å². The number of carbonyl (C=O) groups excluding carboxylic acids is 1. The SMILES string of the molecule is CCC(=O)N1CCCN(C2CCC2)C[C@H]1c1nc(C)no1. The van der Waals surface area contributed by atoms with Crippen molar-refractivity contribution in [2.24, 2.45) is 0 Å². The van der Waals surface area contributed by atoms with Crippen molar-refractivity contribution in [1.82, 2.24) is 19.9 Å². The van der Waals surface area contributed by atoms with Crippen LogP contribution >= 0.6 is 0 Å². The minimum absolute atomic E-state index is 0.0956. The number of amides is 1. The van der Waals surface area contributed by atoms with Crippen molar-refractivity contribution in [2.45, 2.75) is 58.0 Å². The van der Waals surface area contributed by atoms with Crippen molar-refractivity contribution < 1.29 is 9.32 Å². The molecule has 0 aromatic carbocycles. The molecule has 0 bridgehead atoms. The molecule has 1 atom stereocenters. The van der Waals surface area contributed by atoms with E-state index < -0.39 is 0 Å². The summed E-state index contributed by atoms with van der Waals surface area (Å²) in [6.07, 6.45) is 5.41. The summed E-state index contributed by atoms with van der Waals surface area (Å²) in [5.41, 5.74) is 0. The van der Waals surface area contributed by atoms with Crippen LogP contribution in [0.5, 0.6) is 0 Å². The number of hydrogen-bond acceptors (Lipinski definition) is 5. The van der Waals surface area contributed by atoms with Crippen LogP contribution in [0.15, 0.2) is 4.52 Å². The largest absolute Gasteiger partial charge is 0.337 e. The molecule has 0 spiro atoms. The average Bonchev–Trinajstić information content (AvgIpc) is 2.73. The quantitative estimate of drug-likeness (QED) is 0.851. The molecule has 2 heterocycles. The fraction of sp³-hybridized carbons (Fsp3) is 0.800. The number of nitrogens with zero attached hydrogens (tertiary/aromatic N) is 4. The zero-order chi connectivity index (χ0) is 14.8. The van der Waals surface area contributed by atoms with Gasteiger partial charge in [-0.3, -0.25) is 9.69 Å². The van der Waals surface area contributed by atoms with Crippen molar-refractivity contribution in [3.63, 3.8) is 0 Å². The topological polar surface area (TPSA) is 62.5 Å². The van der Waals surface area contributed by atoms with Gasteiger partial charge < -0.3 is 9.42 Å². The first kappa shape index (κ1) is 14.5. The molecular weight excluding hydrogens is 268 g/mol. The third-order valence-electron chi connectivity index (χ3n) is 4.67. The van der Waals surface area contributed by atoms with Crippen LogP contribution in [0.4, 0.5) is 0 Å². The Labute approximate surface area is 125 Å². The van der Waals surface area contributed by atoms with Gasteiger partial charge in [-0.05, 0) is 26.2 Å². The van der Waals surface area contributed by atoms with Crippen molar-refractivity contribution in [2.75, 3.05) is 19.6 Å². The fourth-order valence-corrected chi connectivity index (χ4v) is 3.26. The lowest BCUT2D eigenvalue weighted by molar-refractivity contribution is -0.133. The molecule has 6 heteroatoms. The zero-order valence-corrected chi connectivity index (χ0v) is 12.9. The van der Waals surface area contributed by atoms with E-state index in [1.165, 1.54) is 19.3 Å². The van der Waals surface area contributed by atoms with E-state index in [2.05, 4.69) is 15.0 Å². The highest BCUT2D eigenvalue weighted by Crippen LogP contribution is 2.31. The second-order valence-corrected chi connectivity index (χ2v) is 6.07. The standard InChI is InChI=1S/C15H24N4O2/c1-3-14(20)19-9-5-8-18(12-6-4-7-12)10-13(19)15-16-11(2)17-21-15/h12-13H,3-10H2,1-2H3/t13-/m0/s1. The lowest BCUT2D eigenvalue weighted by Crippen LogP contribution is -2.44. The maximum atomic E-state index is 12.3. The molecule has 1 aromatic rings. The molecule has 3 rings (SSSR count). The molecule has 116 valence electrons. The predicted octanol–water partition coefficient (Wildman–Crippen LogP) is 1.92. The maximum Gasteiger partial charge on any atom is 0.250 e. The molecule has 0 unspecified atom stereocenters. The average molecular weight is 292 g/mol.